The first-order valence-corrected chi connectivity index (χ1v) is 9.18. The molecule has 0 atom stereocenters. The number of carbonyl (C=O) groups excluding carboxylic acids is 2. The van der Waals surface area contributed by atoms with Gasteiger partial charge in [0, 0.05) is 25.6 Å². The Morgan fingerprint density at radius 1 is 1.07 bits per heavy atom. The smallest absolute Gasteiger partial charge is 0.226 e. The Morgan fingerprint density at radius 2 is 1.70 bits per heavy atom. The van der Waals surface area contributed by atoms with E-state index in [1.165, 1.54) is 6.92 Å². The average Bonchev–Trinajstić information content (AvgIpc) is 2.55. The Labute approximate surface area is 161 Å². The molecular weight excluding hydrogens is 340 g/mol. The van der Waals surface area contributed by atoms with Gasteiger partial charge in [0.05, 0.1) is 11.8 Å². The number of carbonyl (C=O) groups is 2. The van der Waals surface area contributed by atoms with Crippen molar-refractivity contribution < 1.29 is 14.3 Å². The SMILES string of the molecule is CC(=O)N(CCC(=O)Nc1ccccc1OC(C)C)c1cc(C)cc(C)c1. The Hall–Kier alpha value is -2.82. The third kappa shape index (κ3) is 6.13. The lowest BCUT2D eigenvalue weighted by Crippen LogP contribution is -2.32. The average molecular weight is 368 g/mol. The molecule has 0 unspecified atom stereocenters. The predicted octanol–water partition coefficient (Wildman–Crippen LogP) is 4.47. The van der Waals surface area contributed by atoms with Gasteiger partial charge >= 0.3 is 0 Å². The number of rotatable bonds is 7. The quantitative estimate of drug-likeness (QED) is 0.784. The molecule has 0 radical (unpaired) electrons. The zero-order valence-corrected chi connectivity index (χ0v) is 16.7. The summed E-state index contributed by atoms with van der Waals surface area (Å²) < 4.78 is 5.73. The van der Waals surface area contributed by atoms with Crippen LogP contribution in [-0.2, 0) is 9.59 Å². The molecule has 0 aliphatic carbocycles. The zero-order valence-electron chi connectivity index (χ0n) is 16.7. The number of ether oxygens (including phenoxy) is 1. The second-order valence-electron chi connectivity index (χ2n) is 6.98. The fourth-order valence-corrected chi connectivity index (χ4v) is 2.93. The van der Waals surface area contributed by atoms with Crippen molar-refractivity contribution in [3.05, 3.63) is 53.6 Å². The van der Waals surface area contributed by atoms with E-state index in [1.807, 2.05) is 64.1 Å². The highest BCUT2D eigenvalue weighted by atomic mass is 16.5. The summed E-state index contributed by atoms with van der Waals surface area (Å²) in [6.07, 6.45) is 0.212. The maximum absolute atomic E-state index is 12.4. The molecule has 0 bridgehead atoms. The van der Waals surface area contributed by atoms with E-state index in [0.29, 0.717) is 18.0 Å². The lowest BCUT2D eigenvalue weighted by Gasteiger charge is -2.22. The van der Waals surface area contributed by atoms with Crippen LogP contribution in [0.2, 0.25) is 0 Å². The molecule has 27 heavy (non-hydrogen) atoms. The van der Waals surface area contributed by atoms with E-state index in [9.17, 15) is 9.59 Å². The molecule has 5 nitrogen and oxygen atoms in total. The van der Waals surface area contributed by atoms with Crippen molar-refractivity contribution in [2.75, 3.05) is 16.8 Å². The molecule has 0 aromatic heterocycles. The van der Waals surface area contributed by atoms with Crippen molar-refractivity contribution in [1.29, 1.82) is 0 Å². The molecule has 0 fully saturated rings. The third-order valence-electron chi connectivity index (χ3n) is 3.98. The number of hydrogen-bond donors (Lipinski definition) is 1. The second-order valence-corrected chi connectivity index (χ2v) is 6.98. The second kappa shape index (κ2) is 9.21. The van der Waals surface area contributed by atoms with Crippen LogP contribution in [0.15, 0.2) is 42.5 Å². The largest absolute Gasteiger partial charge is 0.489 e. The van der Waals surface area contributed by atoms with Gasteiger partial charge in [0.15, 0.2) is 0 Å². The van der Waals surface area contributed by atoms with Crippen LogP contribution in [-0.4, -0.2) is 24.5 Å². The van der Waals surface area contributed by atoms with Crippen LogP contribution in [0.3, 0.4) is 0 Å². The highest BCUT2D eigenvalue weighted by Gasteiger charge is 2.15. The number of amides is 2. The molecule has 0 spiro atoms. The van der Waals surface area contributed by atoms with E-state index in [0.717, 1.165) is 16.8 Å². The van der Waals surface area contributed by atoms with E-state index in [4.69, 9.17) is 4.74 Å². The standard InChI is InChI=1S/C22H28N2O3/c1-15(2)27-21-9-7-6-8-20(21)23-22(26)10-11-24(18(5)25)19-13-16(3)12-17(4)14-19/h6-9,12-15H,10-11H2,1-5H3,(H,23,26). The molecule has 5 heteroatoms. The van der Waals surface area contributed by atoms with Gasteiger partial charge in [-0.3, -0.25) is 9.59 Å². The van der Waals surface area contributed by atoms with Crippen LogP contribution in [0.1, 0.15) is 38.3 Å². The minimum Gasteiger partial charge on any atom is -0.489 e. The number of nitrogens with one attached hydrogen (secondary N) is 1. The van der Waals surface area contributed by atoms with Crippen molar-refractivity contribution in [1.82, 2.24) is 0 Å². The van der Waals surface area contributed by atoms with Gasteiger partial charge < -0.3 is 15.0 Å². The summed E-state index contributed by atoms with van der Waals surface area (Å²) >= 11 is 0. The molecule has 144 valence electrons. The number of anilines is 2. The summed E-state index contributed by atoms with van der Waals surface area (Å²) in [4.78, 5) is 26.2. The van der Waals surface area contributed by atoms with Gasteiger partial charge in [-0.25, -0.2) is 0 Å². The topological polar surface area (TPSA) is 58.6 Å². The summed E-state index contributed by atoms with van der Waals surface area (Å²) in [7, 11) is 0. The summed E-state index contributed by atoms with van der Waals surface area (Å²) in [5.41, 5.74) is 3.62. The van der Waals surface area contributed by atoms with Crippen molar-refractivity contribution in [2.24, 2.45) is 0 Å². The number of hydrogen-bond acceptors (Lipinski definition) is 3. The first-order valence-electron chi connectivity index (χ1n) is 9.18. The molecule has 2 rings (SSSR count). The van der Waals surface area contributed by atoms with Crippen LogP contribution in [0.25, 0.3) is 0 Å². The molecule has 1 N–H and O–H groups in total. The van der Waals surface area contributed by atoms with Crippen LogP contribution < -0.4 is 15.0 Å². The van der Waals surface area contributed by atoms with Crippen LogP contribution in [0.4, 0.5) is 11.4 Å². The Kier molecular flexibility index (Phi) is 6.99. The number of aryl methyl sites for hydroxylation is 2. The molecule has 0 saturated carbocycles. The summed E-state index contributed by atoms with van der Waals surface area (Å²) in [6, 6.07) is 13.3. The van der Waals surface area contributed by atoms with Gasteiger partial charge in [0.1, 0.15) is 5.75 Å². The first kappa shape index (κ1) is 20.5. The fraction of sp³-hybridized carbons (Fsp3) is 0.364. The normalized spacial score (nSPS) is 10.6. The molecule has 0 heterocycles. The van der Waals surface area contributed by atoms with Crippen molar-refractivity contribution in [3.63, 3.8) is 0 Å². The maximum Gasteiger partial charge on any atom is 0.226 e. The van der Waals surface area contributed by atoms with Gasteiger partial charge in [0.25, 0.3) is 0 Å². The third-order valence-corrected chi connectivity index (χ3v) is 3.98. The van der Waals surface area contributed by atoms with Crippen molar-refractivity contribution in [2.45, 2.75) is 47.1 Å². The number of benzene rings is 2. The lowest BCUT2D eigenvalue weighted by molar-refractivity contribution is -0.117. The van der Waals surface area contributed by atoms with E-state index in [-0.39, 0.29) is 24.3 Å². The predicted molar refractivity (Wildman–Crippen MR) is 109 cm³/mol. The first-order chi connectivity index (χ1) is 12.8. The summed E-state index contributed by atoms with van der Waals surface area (Å²) in [5, 5.41) is 2.88. The minimum atomic E-state index is -0.162. The van der Waals surface area contributed by atoms with Gasteiger partial charge in [-0.1, -0.05) is 18.2 Å². The number of nitrogens with zero attached hydrogens (tertiary/aromatic N) is 1. The lowest BCUT2D eigenvalue weighted by atomic mass is 10.1. The highest BCUT2D eigenvalue weighted by molar-refractivity contribution is 5.95. The van der Waals surface area contributed by atoms with E-state index in [2.05, 4.69) is 11.4 Å². The molecule has 0 aliphatic rings. The summed E-state index contributed by atoms with van der Waals surface area (Å²) in [6.45, 7) is 9.69. The number of para-hydroxylation sites is 2. The summed E-state index contributed by atoms with van der Waals surface area (Å²) in [5.74, 6) is 0.389. The van der Waals surface area contributed by atoms with E-state index < -0.39 is 0 Å². The molecule has 2 aromatic carbocycles. The van der Waals surface area contributed by atoms with E-state index >= 15 is 0 Å². The van der Waals surface area contributed by atoms with Crippen molar-refractivity contribution >= 4 is 23.2 Å². The Balaban J connectivity index is 2.06. The van der Waals surface area contributed by atoms with E-state index in [1.54, 1.807) is 4.90 Å². The van der Waals surface area contributed by atoms with Gasteiger partial charge in [-0.2, -0.15) is 0 Å². The Bertz CT molecular complexity index is 795. The van der Waals surface area contributed by atoms with Gasteiger partial charge in [-0.05, 0) is 63.1 Å². The maximum atomic E-state index is 12.4. The molecule has 0 aliphatic heterocycles. The molecule has 0 saturated heterocycles. The Morgan fingerprint density at radius 3 is 2.30 bits per heavy atom. The minimum absolute atomic E-state index is 0.0146. The monoisotopic (exact) mass is 368 g/mol. The van der Waals surface area contributed by atoms with Gasteiger partial charge in [-0.15, -0.1) is 0 Å². The highest BCUT2D eigenvalue weighted by Crippen LogP contribution is 2.25. The zero-order chi connectivity index (χ0) is 20.0. The molecule has 2 aromatic rings. The van der Waals surface area contributed by atoms with Crippen LogP contribution in [0.5, 0.6) is 5.75 Å². The van der Waals surface area contributed by atoms with Crippen LogP contribution in [0, 0.1) is 13.8 Å². The van der Waals surface area contributed by atoms with Gasteiger partial charge in [0.2, 0.25) is 11.8 Å². The van der Waals surface area contributed by atoms with Crippen LogP contribution >= 0.6 is 0 Å². The fourth-order valence-electron chi connectivity index (χ4n) is 2.93. The van der Waals surface area contributed by atoms with Crippen molar-refractivity contribution in [3.8, 4) is 5.75 Å². The molecular formula is C22H28N2O3. The molecule has 2 amide bonds.